The van der Waals surface area contributed by atoms with Gasteiger partial charge in [-0.05, 0) is 73.9 Å². The Balaban J connectivity index is 0.000000305. The number of alkyl halides is 3. The number of sulfone groups is 1. The lowest BCUT2D eigenvalue weighted by Gasteiger charge is -2.13. The van der Waals surface area contributed by atoms with Gasteiger partial charge in [0.15, 0.2) is 0 Å². The van der Waals surface area contributed by atoms with Crippen LogP contribution in [-0.4, -0.2) is 28.3 Å². The molecule has 0 saturated carbocycles. The van der Waals surface area contributed by atoms with Gasteiger partial charge in [0.25, 0.3) is 0 Å². The van der Waals surface area contributed by atoms with Crippen LogP contribution in [0.1, 0.15) is 37.8 Å². The van der Waals surface area contributed by atoms with Crippen molar-refractivity contribution >= 4 is 48.7 Å². The average molecular weight is 619 g/mol. The molecule has 3 aromatic carbocycles. The van der Waals surface area contributed by atoms with Crippen molar-refractivity contribution in [2.75, 3.05) is 10.0 Å². The Hall–Kier alpha value is -3.09. The van der Waals surface area contributed by atoms with E-state index in [1.807, 2.05) is 26.0 Å². The van der Waals surface area contributed by atoms with E-state index in [2.05, 4.69) is 12.2 Å². The highest BCUT2D eigenvalue weighted by Crippen LogP contribution is 2.29. The number of carbonyl (C=O) groups is 1. The fourth-order valence-electron chi connectivity index (χ4n) is 3.36. The normalized spacial score (nSPS) is 12.6. The second kappa shape index (κ2) is 13.5. The average Bonchev–Trinajstić information content (AvgIpc) is 2.87. The number of amides is 1. The molecule has 0 aliphatic rings. The largest absolute Gasteiger partial charge is 0.516 e. The summed E-state index contributed by atoms with van der Waals surface area (Å²) in [6.07, 6.45) is 1.93. The predicted octanol–water partition coefficient (Wildman–Crippen LogP) is 7.11. The standard InChI is InChI=1S/C14H12F3NO4S2.C13H18ClNO/c1-10-9-12(23(19,20)11-5-3-2-4-6-11)7-8-13(10)18-24(21,22)14(15,16)17;1-4-5-10(3)13(16)15-11-7-6-9(2)12(14)8-11/h2-9,18H,1H3;6-8,10H,4-5H2,1-3H3,(H,15,16). The first-order valence-electron chi connectivity index (χ1n) is 12.1. The summed E-state index contributed by atoms with van der Waals surface area (Å²) < 4.78 is 85.7. The molecule has 0 aromatic heterocycles. The summed E-state index contributed by atoms with van der Waals surface area (Å²) in [5.74, 6) is 0.104. The molecule has 3 rings (SSSR count). The van der Waals surface area contributed by atoms with Crippen molar-refractivity contribution in [3.8, 4) is 0 Å². The molecule has 1 atom stereocenters. The van der Waals surface area contributed by atoms with Gasteiger partial charge >= 0.3 is 15.5 Å². The lowest BCUT2D eigenvalue weighted by molar-refractivity contribution is -0.119. The minimum atomic E-state index is -5.57. The van der Waals surface area contributed by atoms with Gasteiger partial charge in [0.05, 0.1) is 15.5 Å². The van der Waals surface area contributed by atoms with E-state index in [0.29, 0.717) is 5.02 Å². The number of carbonyl (C=O) groups excluding carboxylic acids is 1. The number of anilines is 2. The summed E-state index contributed by atoms with van der Waals surface area (Å²) in [5.41, 5.74) is -3.99. The van der Waals surface area contributed by atoms with Crippen molar-refractivity contribution in [1.82, 2.24) is 0 Å². The minimum Gasteiger partial charge on any atom is -0.326 e. The van der Waals surface area contributed by atoms with Gasteiger partial charge in [0.1, 0.15) is 0 Å². The molecule has 0 spiro atoms. The molecule has 13 heteroatoms. The Morgan fingerprint density at radius 2 is 1.52 bits per heavy atom. The maximum atomic E-state index is 12.4. The SMILES string of the molecule is CCCC(C)C(=O)Nc1ccc(C)c(Cl)c1.Cc1cc(S(=O)(=O)c2ccccc2)ccc1NS(=O)(=O)C(F)(F)F. The molecule has 218 valence electrons. The summed E-state index contributed by atoms with van der Waals surface area (Å²) in [7, 11) is -9.42. The van der Waals surface area contributed by atoms with Gasteiger partial charge in [0.2, 0.25) is 15.7 Å². The highest BCUT2D eigenvalue weighted by atomic mass is 35.5. The molecule has 40 heavy (non-hydrogen) atoms. The third kappa shape index (κ3) is 8.70. The van der Waals surface area contributed by atoms with Crippen molar-refractivity contribution in [3.05, 3.63) is 82.9 Å². The van der Waals surface area contributed by atoms with Crippen LogP contribution >= 0.6 is 11.6 Å². The van der Waals surface area contributed by atoms with E-state index >= 15 is 0 Å². The summed E-state index contributed by atoms with van der Waals surface area (Å²) in [5, 5.41) is 3.55. The van der Waals surface area contributed by atoms with Crippen LogP contribution in [0.3, 0.4) is 0 Å². The van der Waals surface area contributed by atoms with Crippen LogP contribution in [0, 0.1) is 19.8 Å². The first kappa shape index (κ1) is 33.1. The van der Waals surface area contributed by atoms with Crippen LogP contribution in [0.5, 0.6) is 0 Å². The van der Waals surface area contributed by atoms with Crippen LogP contribution in [0.2, 0.25) is 5.02 Å². The first-order valence-corrected chi connectivity index (χ1v) is 15.4. The van der Waals surface area contributed by atoms with Gasteiger partial charge < -0.3 is 5.32 Å². The van der Waals surface area contributed by atoms with Crippen LogP contribution in [0.4, 0.5) is 24.5 Å². The first-order chi connectivity index (χ1) is 18.5. The van der Waals surface area contributed by atoms with Gasteiger partial charge in [-0.3, -0.25) is 9.52 Å². The third-order valence-corrected chi connectivity index (χ3v) is 8.99. The molecule has 0 fully saturated rings. The van der Waals surface area contributed by atoms with Gasteiger partial charge in [0, 0.05) is 16.6 Å². The quantitative estimate of drug-likeness (QED) is 0.280. The van der Waals surface area contributed by atoms with Crippen molar-refractivity contribution < 1.29 is 34.8 Å². The van der Waals surface area contributed by atoms with Crippen LogP contribution in [0.15, 0.2) is 76.5 Å². The van der Waals surface area contributed by atoms with Crippen molar-refractivity contribution in [1.29, 1.82) is 0 Å². The van der Waals surface area contributed by atoms with E-state index in [0.717, 1.165) is 42.3 Å². The summed E-state index contributed by atoms with van der Waals surface area (Å²) >= 11 is 5.99. The number of hydrogen-bond acceptors (Lipinski definition) is 5. The van der Waals surface area contributed by atoms with Crippen molar-refractivity contribution in [2.45, 2.75) is 55.8 Å². The maximum absolute atomic E-state index is 12.4. The molecular weight excluding hydrogens is 589 g/mol. The van der Waals surface area contributed by atoms with E-state index < -0.39 is 25.4 Å². The number of sulfonamides is 1. The van der Waals surface area contributed by atoms with Crippen molar-refractivity contribution in [3.63, 3.8) is 0 Å². The molecule has 0 aliphatic heterocycles. The Bertz CT molecular complexity index is 1550. The molecule has 1 amide bonds. The van der Waals surface area contributed by atoms with E-state index in [1.54, 1.807) is 12.1 Å². The number of rotatable bonds is 8. The van der Waals surface area contributed by atoms with Gasteiger partial charge in [-0.15, -0.1) is 0 Å². The molecule has 0 bridgehead atoms. The monoisotopic (exact) mass is 618 g/mol. The third-order valence-electron chi connectivity index (χ3n) is 5.72. The lowest BCUT2D eigenvalue weighted by atomic mass is 10.1. The highest BCUT2D eigenvalue weighted by molar-refractivity contribution is 7.93. The zero-order valence-corrected chi connectivity index (χ0v) is 24.6. The van der Waals surface area contributed by atoms with E-state index in [9.17, 15) is 34.8 Å². The molecule has 0 aliphatic carbocycles. The molecule has 0 saturated heterocycles. The second-order valence-corrected chi connectivity index (χ2v) is 13.0. The van der Waals surface area contributed by atoms with Gasteiger partial charge in [-0.1, -0.05) is 56.1 Å². The number of hydrogen-bond donors (Lipinski definition) is 2. The zero-order chi connectivity index (χ0) is 30.3. The topological polar surface area (TPSA) is 109 Å². The fourth-order valence-corrected chi connectivity index (χ4v) is 5.54. The molecule has 1 unspecified atom stereocenters. The second-order valence-electron chi connectivity index (χ2n) is 8.99. The zero-order valence-electron chi connectivity index (χ0n) is 22.2. The van der Waals surface area contributed by atoms with E-state index in [-0.39, 0.29) is 32.9 Å². The van der Waals surface area contributed by atoms with Gasteiger partial charge in [-0.2, -0.15) is 21.6 Å². The predicted molar refractivity (Wildman–Crippen MR) is 151 cm³/mol. The minimum absolute atomic E-state index is 0.0213. The van der Waals surface area contributed by atoms with E-state index in [4.69, 9.17) is 11.6 Å². The lowest BCUT2D eigenvalue weighted by Crippen LogP contribution is -2.30. The molecule has 2 N–H and O–H groups in total. The molecule has 0 radical (unpaired) electrons. The molecule has 0 heterocycles. The molecule has 3 aromatic rings. The summed E-state index contributed by atoms with van der Waals surface area (Å²) in [6.45, 7) is 7.26. The summed E-state index contributed by atoms with van der Waals surface area (Å²) in [6, 6.07) is 16.2. The number of halogens is 4. The van der Waals surface area contributed by atoms with Crippen LogP contribution in [0.25, 0.3) is 0 Å². The van der Waals surface area contributed by atoms with Crippen LogP contribution < -0.4 is 10.0 Å². The fraction of sp³-hybridized carbons (Fsp3) is 0.296. The Morgan fingerprint density at radius 1 is 0.900 bits per heavy atom. The number of aryl methyl sites for hydroxylation is 2. The molecular formula is C27H30ClF3N2O5S2. The smallest absolute Gasteiger partial charge is 0.326 e. The highest BCUT2D eigenvalue weighted by Gasteiger charge is 2.46. The van der Waals surface area contributed by atoms with Crippen molar-refractivity contribution in [2.24, 2.45) is 5.92 Å². The Kier molecular flexibility index (Phi) is 11.2. The van der Waals surface area contributed by atoms with Crippen LogP contribution in [-0.2, 0) is 24.7 Å². The number of benzene rings is 3. The Morgan fingerprint density at radius 3 is 2.05 bits per heavy atom. The summed E-state index contributed by atoms with van der Waals surface area (Å²) in [4.78, 5) is 11.6. The van der Waals surface area contributed by atoms with E-state index in [1.165, 1.54) is 35.9 Å². The Labute approximate surface area is 237 Å². The molecule has 7 nitrogen and oxygen atoms in total. The van der Waals surface area contributed by atoms with Gasteiger partial charge in [-0.25, -0.2) is 8.42 Å². The maximum Gasteiger partial charge on any atom is 0.516 e. The number of nitrogens with one attached hydrogen (secondary N) is 2.